The van der Waals surface area contributed by atoms with Crippen LogP contribution in [-0.4, -0.2) is 21.9 Å². The van der Waals surface area contributed by atoms with Crippen LogP contribution in [-0.2, 0) is 10.3 Å². The van der Waals surface area contributed by atoms with Crippen LogP contribution >= 0.6 is 0 Å². The maximum absolute atomic E-state index is 11.0. The number of aromatic hydroxyl groups is 2. The van der Waals surface area contributed by atoms with Crippen molar-refractivity contribution in [1.29, 1.82) is 5.26 Å². The largest absolute Gasteiger partial charge is 0.495 e. The number of fused-ring (bicyclic) bond motifs is 6. The number of methoxy groups -OCH3 is 1. The van der Waals surface area contributed by atoms with Gasteiger partial charge in [0.1, 0.15) is 17.4 Å². The van der Waals surface area contributed by atoms with Crippen molar-refractivity contribution in [3.63, 3.8) is 0 Å². The maximum Gasteiger partial charge on any atom is 0.205 e. The second kappa shape index (κ2) is 5.18. The molecule has 2 N–H and O–H groups in total. The van der Waals surface area contributed by atoms with Gasteiger partial charge in [0, 0.05) is 16.8 Å². The van der Waals surface area contributed by atoms with Crippen LogP contribution in [0.4, 0.5) is 0 Å². The molecular weight excluding hydrogens is 344 g/mol. The van der Waals surface area contributed by atoms with Gasteiger partial charge in [0.2, 0.25) is 11.8 Å². The molecule has 6 heteroatoms. The Morgan fingerprint density at radius 2 is 2.00 bits per heavy atom. The Hall–Kier alpha value is -3.17. The number of aromatic nitrogens is 1. The minimum absolute atomic E-state index is 0.0205. The van der Waals surface area contributed by atoms with E-state index in [2.05, 4.69) is 6.07 Å². The van der Waals surface area contributed by atoms with E-state index in [1.807, 2.05) is 31.2 Å². The Balaban J connectivity index is 1.88. The van der Waals surface area contributed by atoms with Gasteiger partial charge >= 0.3 is 0 Å². The molecule has 3 heterocycles. The van der Waals surface area contributed by atoms with Crippen molar-refractivity contribution >= 4 is 10.8 Å². The van der Waals surface area contributed by atoms with Crippen molar-refractivity contribution in [3.05, 3.63) is 47.0 Å². The number of nitriles is 1. The normalized spacial score (nSPS) is 22.8. The van der Waals surface area contributed by atoms with Crippen molar-refractivity contribution in [2.75, 3.05) is 7.11 Å². The van der Waals surface area contributed by atoms with Crippen LogP contribution in [0, 0.1) is 11.3 Å². The van der Waals surface area contributed by atoms with Gasteiger partial charge < -0.3 is 19.7 Å². The Morgan fingerprint density at radius 3 is 2.67 bits per heavy atom. The van der Waals surface area contributed by atoms with Gasteiger partial charge in [-0.25, -0.2) is 0 Å². The summed E-state index contributed by atoms with van der Waals surface area (Å²) in [5, 5.41) is 33.0. The highest BCUT2D eigenvalue weighted by atomic mass is 16.5. The average molecular weight is 362 g/mol. The number of nitrogens with zero attached hydrogens (tertiary/aromatic N) is 2. The standard InChI is InChI=1S/C21H18N2O4/c1-21-8-7-15(27-21)17-18(21)20(25)23(19(17)24)14-9-16(26-2)13(10-22)11-5-3-4-6-12(11)14/h3-6,9,15,24-25H,7-8H2,1-2H3. The molecule has 1 aromatic heterocycles. The third kappa shape index (κ3) is 1.87. The first-order valence-electron chi connectivity index (χ1n) is 8.85. The van der Waals surface area contributed by atoms with Crippen molar-refractivity contribution in [1.82, 2.24) is 4.57 Å². The molecule has 2 aliphatic heterocycles. The first-order valence-corrected chi connectivity index (χ1v) is 8.85. The fourth-order valence-electron chi connectivity index (χ4n) is 4.64. The Labute approximate surface area is 155 Å². The van der Waals surface area contributed by atoms with Gasteiger partial charge in [-0.2, -0.15) is 5.26 Å². The summed E-state index contributed by atoms with van der Waals surface area (Å²) in [4.78, 5) is 0. The van der Waals surface area contributed by atoms with E-state index in [-0.39, 0.29) is 17.9 Å². The fraction of sp³-hybridized carbons (Fsp3) is 0.286. The van der Waals surface area contributed by atoms with E-state index in [1.165, 1.54) is 11.7 Å². The summed E-state index contributed by atoms with van der Waals surface area (Å²) in [6.45, 7) is 1.94. The molecule has 2 aromatic carbocycles. The van der Waals surface area contributed by atoms with E-state index in [9.17, 15) is 15.5 Å². The van der Waals surface area contributed by atoms with Crippen LogP contribution < -0.4 is 4.74 Å². The lowest BCUT2D eigenvalue weighted by atomic mass is 9.86. The van der Waals surface area contributed by atoms with Gasteiger partial charge in [-0.05, 0) is 19.8 Å². The van der Waals surface area contributed by atoms with Gasteiger partial charge in [0.25, 0.3) is 0 Å². The van der Waals surface area contributed by atoms with Crippen LogP contribution in [0.3, 0.4) is 0 Å². The van der Waals surface area contributed by atoms with E-state index < -0.39 is 5.60 Å². The summed E-state index contributed by atoms with van der Waals surface area (Å²) in [6.07, 6.45) is 1.42. The summed E-state index contributed by atoms with van der Waals surface area (Å²) in [5.41, 5.74) is 1.72. The second-order valence-electron chi connectivity index (χ2n) is 7.28. The molecule has 5 rings (SSSR count). The van der Waals surface area contributed by atoms with E-state index >= 15 is 0 Å². The number of hydrogen-bond acceptors (Lipinski definition) is 5. The van der Waals surface area contributed by atoms with Crippen LogP contribution in [0.5, 0.6) is 17.5 Å². The lowest BCUT2D eigenvalue weighted by Gasteiger charge is -2.20. The lowest BCUT2D eigenvalue weighted by molar-refractivity contribution is -0.00959. The minimum Gasteiger partial charge on any atom is -0.495 e. The highest BCUT2D eigenvalue weighted by molar-refractivity contribution is 5.97. The molecule has 0 radical (unpaired) electrons. The molecule has 0 aliphatic carbocycles. The molecule has 1 fully saturated rings. The zero-order valence-electron chi connectivity index (χ0n) is 15.0. The molecule has 0 amide bonds. The topological polar surface area (TPSA) is 87.6 Å². The number of ether oxygens (including phenoxy) is 2. The van der Waals surface area contributed by atoms with Gasteiger partial charge in [-0.3, -0.25) is 4.57 Å². The van der Waals surface area contributed by atoms with E-state index in [0.717, 1.165) is 18.2 Å². The van der Waals surface area contributed by atoms with Crippen molar-refractivity contribution in [2.45, 2.75) is 31.5 Å². The highest BCUT2D eigenvalue weighted by Gasteiger charge is 2.53. The first kappa shape index (κ1) is 16.0. The van der Waals surface area contributed by atoms with Gasteiger partial charge in [-0.15, -0.1) is 0 Å². The summed E-state index contributed by atoms with van der Waals surface area (Å²) >= 11 is 0. The smallest absolute Gasteiger partial charge is 0.205 e. The zero-order chi connectivity index (χ0) is 18.9. The zero-order valence-corrected chi connectivity index (χ0v) is 15.0. The molecule has 3 aromatic rings. The Kier molecular flexibility index (Phi) is 3.08. The van der Waals surface area contributed by atoms with E-state index in [1.54, 1.807) is 6.07 Å². The summed E-state index contributed by atoms with van der Waals surface area (Å²) in [5.74, 6) is 0.348. The predicted molar refractivity (Wildman–Crippen MR) is 98.3 cm³/mol. The molecular formula is C21H18N2O4. The van der Waals surface area contributed by atoms with E-state index in [0.29, 0.717) is 33.5 Å². The third-order valence-electron chi connectivity index (χ3n) is 5.85. The molecule has 27 heavy (non-hydrogen) atoms. The molecule has 1 saturated heterocycles. The van der Waals surface area contributed by atoms with Crippen LogP contribution in [0.15, 0.2) is 30.3 Å². The quantitative estimate of drug-likeness (QED) is 0.719. The SMILES string of the molecule is COc1cc(-n2c(O)c3c(c2O)C2(C)CCC3O2)c2ccccc2c1C#N. The van der Waals surface area contributed by atoms with E-state index in [4.69, 9.17) is 9.47 Å². The second-order valence-corrected chi connectivity index (χ2v) is 7.28. The summed E-state index contributed by atoms with van der Waals surface area (Å²) in [7, 11) is 1.50. The summed E-state index contributed by atoms with van der Waals surface area (Å²) in [6, 6.07) is 11.3. The minimum atomic E-state index is -0.584. The molecule has 2 atom stereocenters. The van der Waals surface area contributed by atoms with Gasteiger partial charge in [0.05, 0.1) is 35.6 Å². The molecule has 6 nitrogen and oxygen atoms in total. The Bertz CT molecular complexity index is 1160. The maximum atomic E-state index is 11.0. The molecule has 0 saturated carbocycles. The highest BCUT2D eigenvalue weighted by Crippen LogP contribution is 2.61. The summed E-state index contributed by atoms with van der Waals surface area (Å²) < 4.78 is 12.8. The first-order chi connectivity index (χ1) is 13.0. The molecule has 2 unspecified atom stereocenters. The van der Waals surface area contributed by atoms with Crippen molar-refractivity contribution in [3.8, 4) is 29.3 Å². The van der Waals surface area contributed by atoms with Gasteiger partial charge in [0.15, 0.2) is 0 Å². The number of rotatable bonds is 2. The van der Waals surface area contributed by atoms with Gasteiger partial charge in [-0.1, -0.05) is 24.3 Å². The third-order valence-corrected chi connectivity index (χ3v) is 5.85. The van der Waals surface area contributed by atoms with Crippen LogP contribution in [0.25, 0.3) is 16.5 Å². The fourth-order valence-corrected chi connectivity index (χ4v) is 4.64. The lowest BCUT2D eigenvalue weighted by Crippen LogP contribution is -2.16. The molecule has 0 spiro atoms. The molecule has 2 bridgehead atoms. The Morgan fingerprint density at radius 1 is 1.26 bits per heavy atom. The van der Waals surface area contributed by atoms with Crippen LogP contribution in [0.2, 0.25) is 0 Å². The molecule has 2 aliphatic rings. The molecule has 136 valence electrons. The van der Waals surface area contributed by atoms with Crippen molar-refractivity contribution < 1.29 is 19.7 Å². The number of benzene rings is 2. The number of hydrogen-bond donors (Lipinski definition) is 2. The average Bonchev–Trinajstić information content (AvgIpc) is 3.29. The van der Waals surface area contributed by atoms with Crippen LogP contribution in [0.1, 0.15) is 42.6 Å². The van der Waals surface area contributed by atoms with Crippen molar-refractivity contribution in [2.24, 2.45) is 0 Å². The predicted octanol–water partition coefficient (Wildman–Crippen LogP) is 4.00. The monoisotopic (exact) mass is 362 g/mol.